The maximum atomic E-state index is 13.0. The Labute approximate surface area is 195 Å². The summed E-state index contributed by atoms with van der Waals surface area (Å²) in [5, 5.41) is 8.99. The summed E-state index contributed by atoms with van der Waals surface area (Å²) in [6, 6.07) is 14.9. The van der Waals surface area contributed by atoms with Crippen LogP contribution >= 0.6 is 0 Å². The Balaban J connectivity index is 1.54. The zero-order valence-electron chi connectivity index (χ0n) is 19.5. The van der Waals surface area contributed by atoms with Gasteiger partial charge in [0.1, 0.15) is 23.9 Å². The number of piperazine rings is 1. The number of nitriles is 1. The molecule has 174 valence electrons. The predicted molar refractivity (Wildman–Crippen MR) is 126 cm³/mol. The third-order valence-corrected chi connectivity index (χ3v) is 5.36. The number of benzene rings is 1. The highest BCUT2D eigenvalue weighted by atomic mass is 16.6. The molecule has 1 aromatic carbocycles. The van der Waals surface area contributed by atoms with Crippen molar-refractivity contribution in [1.82, 2.24) is 14.8 Å². The summed E-state index contributed by atoms with van der Waals surface area (Å²) in [4.78, 5) is 35.3. The van der Waals surface area contributed by atoms with Gasteiger partial charge in [-0.1, -0.05) is 18.2 Å². The molecule has 0 radical (unpaired) electrons. The Morgan fingerprint density at radius 3 is 2.45 bits per heavy atom. The highest BCUT2D eigenvalue weighted by Crippen LogP contribution is 2.18. The molecule has 2 amide bonds. The first-order valence-electron chi connectivity index (χ1n) is 11.2. The minimum absolute atomic E-state index is 0.0626. The van der Waals surface area contributed by atoms with Gasteiger partial charge < -0.3 is 9.64 Å². The fourth-order valence-corrected chi connectivity index (χ4v) is 3.62. The largest absolute Gasteiger partial charge is 0.443 e. The van der Waals surface area contributed by atoms with Crippen LogP contribution in [-0.2, 0) is 16.0 Å². The molecule has 0 saturated carbocycles. The number of ether oxygens (including phenoxy) is 1. The van der Waals surface area contributed by atoms with E-state index >= 15 is 0 Å². The average Bonchev–Trinajstić information content (AvgIpc) is 2.81. The van der Waals surface area contributed by atoms with Crippen LogP contribution in [0.3, 0.4) is 0 Å². The smallest absolute Gasteiger partial charge is 0.415 e. The van der Waals surface area contributed by atoms with Crippen LogP contribution in [0.1, 0.15) is 32.0 Å². The van der Waals surface area contributed by atoms with Crippen LogP contribution in [0.15, 0.2) is 48.7 Å². The van der Waals surface area contributed by atoms with Gasteiger partial charge in [-0.3, -0.25) is 14.6 Å². The molecule has 1 aliphatic heterocycles. The fourth-order valence-electron chi connectivity index (χ4n) is 3.62. The van der Waals surface area contributed by atoms with Gasteiger partial charge in [-0.15, -0.1) is 0 Å². The summed E-state index contributed by atoms with van der Waals surface area (Å²) < 4.78 is 5.53. The molecule has 0 N–H and O–H groups in total. The van der Waals surface area contributed by atoms with Crippen LogP contribution in [0.5, 0.6) is 0 Å². The van der Waals surface area contributed by atoms with Crippen molar-refractivity contribution in [3.05, 3.63) is 59.9 Å². The fraction of sp³-hybridized carbons (Fsp3) is 0.440. The Morgan fingerprint density at radius 1 is 1.12 bits per heavy atom. The van der Waals surface area contributed by atoms with Crippen molar-refractivity contribution >= 4 is 17.7 Å². The minimum Gasteiger partial charge on any atom is -0.443 e. The zero-order valence-corrected chi connectivity index (χ0v) is 19.5. The van der Waals surface area contributed by atoms with Gasteiger partial charge in [0, 0.05) is 44.6 Å². The number of carbonyl (C=O) groups is 2. The van der Waals surface area contributed by atoms with Crippen LogP contribution in [0.2, 0.25) is 0 Å². The van der Waals surface area contributed by atoms with Crippen LogP contribution < -0.4 is 4.90 Å². The van der Waals surface area contributed by atoms with E-state index in [1.807, 2.05) is 51.1 Å². The third kappa shape index (κ3) is 7.29. The molecule has 3 rings (SSSR count). The molecular formula is C25H31N5O3. The number of amides is 2. The van der Waals surface area contributed by atoms with Crippen molar-refractivity contribution in [3.8, 4) is 6.07 Å². The van der Waals surface area contributed by atoms with Gasteiger partial charge in [-0.2, -0.15) is 5.26 Å². The number of hydrogen-bond acceptors (Lipinski definition) is 6. The van der Waals surface area contributed by atoms with Crippen LogP contribution in [0.4, 0.5) is 10.5 Å². The lowest BCUT2D eigenvalue weighted by Crippen LogP contribution is -2.52. The Morgan fingerprint density at radius 2 is 1.82 bits per heavy atom. The van der Waals surface area contributed by atoms with Crippen molar-refractivity contribution in [2.45, 2.75) is 32.8 Å². The predicted octanol–water partition coefficient (Wildman–Crippen LogP) is 3.08. The first-order valence-corrected chi connectivity index (χ1v) is 11.2. The van der Waals surface area contributed by atoms with Gasteiger partial charge >= 0.3 is 6.09 Å². The second kappa shape index (κ2) is 10.9. The first-order chi connectivity index (χ1) is 15.7. The molecule has 0 unspecified atom stereocenters. The van der Waals surface area contributed by atoms with Crippen molar-refractivity contribution in [1.29, 1.82) is 5.26 Å². The van der Waals surface area contributed by atoms with Gasteiger partial charge in [0.05, 0.1) is 0 Å². The normalized spacial score (nSPS) is 14.4. The van der Waals surface area contributed by atoms with E-state index in [0.717, 1.165) is 31.6 Å². The van der Waals surface area contributed by atoms with E-state index in [1.54, 1.807) is 23.2 Å². The molecule has 8 nitrogen and oxygen atoms in total. The summed E-state index contributed by atoms with van der Waals surface area (Å²) in [6.07, 6.45) is 1.95. The van der Waals surface area contributed by atoms with E-state index in [9.17, 15) is 9.59 Å². The molecule has 2 heterocycles. The number of pyridine rings is 1. The van der Waals surface area contributed by atoms with Gasteiger partial charge in [0.15, 0.2) is 0 Å². The second-order valence-electron chi connectivity index (χ2n) is 9.04. The molecule has 8 heteroatoms. The van der Waals surface area contributed by atoms with E-state index in [1.165, 1.54) is 4.90 Å². The topological polar surface area (TPSA) is 89.8 Å². The highest BCUT2D eigenvalue weighted by molar-refractivity contribution is 5.95. The van der Waals surface area contributed by atoms with Crippen LogP contribution in [0.25, 0.3) is 0 Å². The lowest BCUT2D eigenvalue weighted by Gasteiger charge is -2.36. The zero-order chi connectivity index (χ0) is 23.8. The molecule has 1 fully saturated rings. The quantitative estimate of drug-likeness (QED) is 0.673. The number of hydrogen-bond donors (Lipinski definition) is 0. The molecule has 0 atom stereocenters. The average molecular weight is 450 g/mol. The summed E-state index contributed by atoms with van der Waals surface area (Å²) >= 11 is 0. The molecular weight excluding hydrogens is 418 g/mol. The minimum atomic E-state index is -0.651. The standard InChI is InChI=1S/C25H31N5O3/c1-25(2,3)33-24(32)30(22-7-5-4-6-8-22)19-23(31)29-15-13-28(14-16-29)12-10-20-9-11-27-21(17-20)18-26/h4-9,11,17H,10,12-16,19H2,1-3H3. The SMILES string of the molecule is CC(C)(C)OC(=O)N(CC(=O)N1CCN(CCc2ccnc(C#N)c2)CC1)c1ccccc1. The number of carbonyl (C=O) groups excluding carboxylic acids is 2. The van der Waals surface area contributed by atoms with Crippen molar-refractivity contribution < 1.29 is 14.3 Å². The molecule has 2 aromatic rings. The Kier molecular flexibility index (Phi) is 8.01. The van der Waals surface area contributed by atoms with E-state index in [4.69, 9.17) is 10.00 Å². The van der Waals surface area contributed by atoms with Gasteiger partial charge in [0.2, 0.25) is 5.91 Å². The summed E-state index contributed by atoms with van der Waals surface area (Å²) in [7, 11) is 0. The van der Waals surface area contributed by atoms with Crippen molar-refractivity contribution in [3.63, 3.8) is 0 Å². The van der Waals surface area contributed by atoms with E-state index in [-0.39, 0.29) is 12.5 Å². The Hall–Kier alpha value is -3.44. The molecule has 0 bridgehead atoms. The van der Waals surface area contributed by atoms with E-state index in [2.05, 4.69) is 16.0 Å². The van der Waals surface area contributed by atoms with Crippen LogP contribution in [0, 0.1) is 11.3 Å². The van der Waals surface area contributed by atoms with Crippen molar-refractivity contribution in [2.75, 3.05) is 44.2 Å². The number of nitrogens with zero attached hydrogens (tertiary/aromatic N) is 5. The first kappa shape index (κ1) is 24.2. The van der Waals surface area contributed by atoms with Crippen molar-refractivity contribution in [2.24, 2.45) is 0 Å². The number of aromatic nitrogens is 1. The van der Waals surface area contributed by atoms with E-state index in [0.29, 0.717) is 24.5 Å². The van der Waals surface area contributed by atoms with Gasteiger partial charge in [0.25, 0.3) is 0 Å². The third-order valence-electron chi connectivity index (χ3n) is 5.36. The van der Waals surface area contributed by atoms with Crippen LogP contribution in [-0.4, -0.2) is 71.7 Å². The number of rotatable bonds is 6. The number of para-hydroxylation sites is 1. The lowest BCUT2D eigenvalue weighted by atomic mass is 10.1. The maximum absolute atomic E-state index is 13.0. The van der Waals surface area contributed by atoms with Gasteiger partial charge in [-0.05, 0) is 57.0 Å². The highest BCUT2D eigenvalue weighted by Gasteiger charge is 2.28. The Bertz CT molecular complexity index is 989. The van der Waals surface area contributed by atoms with E-state index < -0.39 is 11.7 Å². The number of anilines is 1. The van der Waals surface area contributed by atoms with Gasteiger partial charge in [-0.25, -0.2) is 9.78 Å². The molecule has 1 saturated heterocycles. The summed E-state index contributed by atoms with van der Waals surface area (Å²) in [5.41, 5.74) is 1.49. The maximum Gasteiger partial charge on any atom is 0.415 e. The molecule has 33 heavy (non-hydrogen) atoms. The summed E-state index contributed by atoms with van der Waals surface area (Å²) in [6.45, 7) is 8.95. The monoisotopic (exact) mass is 449 g/mol. The summed E-state index contributed by atoms with van der Waals surface area (Å²) in [5.74, 6) is -0.0999. The molecule has 0 spiro atoms. The molecule has 0 aliphatic carbocycles. The molecule has 1 aliphatic rings. The molecule has 1 aromatic heterocycles. The lowest BCUT2D eigenvalue weighted by molar-refractivity contribution is -0.131. The second-order valence-corrected chi connectivity index (χ2v) is 9.04.